The summed E-state index contributed by atoms with van der Waals surface area (Å²) in [5.41, 5.74) is 3.95. The molecule has 98 valence electrons. The molecule has 1 aliphatic heterocycles. The van der Waals surface area contributed by atoms with Crippen LogP contribution in [0.25, 0.3) is 5.57 Å². The number of fused-ring (bicyclic) bond motifs is 1. The van der Waals surface area contributed by atoms with Gasteiger partial charge in [-0.05, 0) is 50.4 Å². The molecule has 0 spiro atoms. The zero-order chi connectivity index (χ0) is 12.8. The molecule has 0 fully saturated rings. The summed E-state index contributed by atoms with van der Waals surface area (Å²) in [5, 5.41) is 3.34. The molecule has 0 saturated carbocycles. The average Bonchev–Trinajstić information content (AvgIpc) is 2.43. The maximum atomic E-state index is 5.85. The van der Waals surface area contributed by atoms with Gasteiger partial charge in [0.1, 0.15) is 5.75 Å². The molecule has 0 amide bonds. The van der Waals surface area contributed by atoms with Gasteiger partial charge in [-0.1, -0.05) is 31.2 Å². The van der Waals surface area contributed by atoms with E-state index in [1.54, 1.807) is 0 Å². The first-order valence-corrected chi connectivity index (χ1v) is 6.95. The van der Waals surface area contributed by atoms with E-state index in [2.05, 4.69) is 43.4 Å². The summed E-state index contributed by atoms with van der Waals surface area (Å²) < 4.78 is 5.85. The van der Waals surface area contributed by atoms with Crippen LogP contribution >= 0.6 is 0 Å². The lowest BCUT2D eigenvalue weighted by Crippen LogP contribution is -2.13. The third kappa shape index (κ3) is 3.14. The highest BCUT2D eigenvalue weighted by molar-refractivity contribution is 5.70. The van der Waals surface area contributed by atoms with Gasteiger partial charge in [0.25, 0.3) is 0 Å². The van der Waals surface area contributed by atoms with Crippen molar-refractivity contribution in [2.24, 2.45) is 0 Å². The number of aryl methyl sites for hydroxylation is 1. The number of allylic oxidation sites excluding steroid dienone is 1. The monoisotopic (exact) mass is 245 g/mol. The first kappa shape index (κ1) is 13.2. The van der Waals surface area contributed by atoms with Gasteiger partial charge in [-0.15, -0.1) is 0 Å². The fourth-order valence-corrected chi connectivity index (χ4v) is 2.38. The molecule has 0 aromatic heterocycles. The molecule has 0 radical (unpaired) electrons. The lowest BCUT2D eigenvalue weighted by atomic mass is 9.98. The predicted molar refractivity (Wildman–Crippen MR) is 77.1 cm³/mol. The Morgan fingerprint density at radius 3 is 3.17 bits per heavy atom. The van der Waals surface area contributed by atoms with Crippen LogP contribution in [0.5, 0.6) is 5.75 Å². The van der Waals surface area contributed by atoms with Gasteiger partial charge in [-0.3, -0.25) is 0 Å². The normalized spacial score (nSPS) is 15.1. The van der Waals surface area contributed by atoms with Gasteiger partial charge in [0.15, 0.2) is 0 Å². The van der Waals surface area contributed by atoms with Crippen LogP contribution < -0.4 is 10.1 Å². The molecule has 0 unspecified atom stereocenters. The Hall–Kier alpha value is -1.28. The highest BCUT2D eigenvalue weighted by Gasteiger charge is 2.14. The number of ether oxygens (including phenoxy) is 1. The van der Waals surface area contributed by atoms with Crippen molar-refractivity contribution in [1.29, 1.82) is 0 Å². The average molecular weight is 245 g/mol. The van der Waals surface area contributed by atoms with Crippen molar-refractivity contribution in [3.05, 3.63) is 35.4 Å². The molecule has 1 aromatic rings. The number of rotatable bonds is 5. The van der Waals surface area contributed by atoms with Crippen molar-refractivity contribution in [2.75, 3.05) is 19.7 Å². The maximum absolute atomic E-state index is 5.85. The SMILES string of the molecule is CCNCC/C=C(/C)c1cccc2c1OCCC2. The molecule has 2 nitrogen and oxygen atoms in total. The number of benzene rings is 1. The van der Waals surface area contributed by atoms with E-state index in [4.69, 9.17) is 4.74 Å². The molecular weight excluding hydrogens is 222 g/mol. The summed E-state index contributed by atoms with van der Waals surface area (Å²) in [6, 6.07) is 6.50. The number of hydrogen-bond acceptors (Lipinski definition) is 2. The fraction of sp³-hybridized carbons (Fsp3) is 0.500. The van der Waals surface area contributed by atoms with Crippen LogP contribution in [-0.2, 0) is 6.42 Å². The lowest BCUT2D eigenvalue weighted by molar-refractivity contribution is 0.287. The van der Waals surface area contributed by atoms with E-state index in [9.17, 15) is 0 Å². The van der Waals surface area contributed by atoms with Gasteiger partial charge in [-0.25, -0.2) is 0 Å². The van der Waals surface area contributed by atoms with Crippen molar-refractivity contribution in [3.63, 3.8) is 0 Å². The van der Waals surface area contributed by atoms with E-state index >= 15 is 0 Å². The molecule has 18 heavy (non-hydrogen) atoms. The third-order valence-electron chi connectivity index (χ3n) is 3.38. The van der Waals surface area contributed by atoms with Gasteiger partial charge in [0.2, 0.25) is 0 Å². The lowest BCUT2D eigenvalue weighted by Gasteiger charge is -2.20. The van der Waals surface area contributed by atoms with Crippen molar-refractivity contribution in [2.45, 2.75) is 33.1 Å². The molecule has 1 heterocycles. The van der Waals surface area contributed by atoms with Crippen LogP contribution in [-0.4, -0.2) is 19.7 Å². The Kier molecular flexibility index (Phi) is 4.82. The Morgan fingerprint density at radius 1 is 1.44 bits per heavy atom. The van der Waals surface area contributed by atoms with E-state index in [-0.39, 0.29) is 0 Å². The maximum Gasteiger partial charge on any atom is 0.129 e. The highest BCUT2D eigenvalue weighted by Crippen LogP contribution is 2.33. The second-order valence-corrected chi connectivity index (χ2v) is 4.78. The first-order valence-electron chi connectivity index (χ1n) is 6.95. The summed E-state index contributed by atoms with van der Waals surface area (Å²) in [7, 11) is 0. The van der Waals surface area contributed by atoms with Crippen LogP contribution in [0.2, 0.25) is 0 Å². The number of para-hydroxylation sites is 1. The second kappa shape index (κ2) is 6.60. The molecule has 1 aromatic carbocycles. The summed E-state index contributed by atoms with van der Waals surface area (Å²) in [4.78, 5) is 0. The zero-order valence-electron chi connectivity index (χ0n) is 11.5. The molecular formula is C16H23NO. The second-order valence-electron chi connectivity index (χ2n) is 4.78. The van der Waals surface area contributed by atoms with Crippen molar-refractivity contribution >= 4 is 5.57 Å². The molecule has 0 aliphatic carbocycles. The van der Waals surface area contributed by atoms with Crippen LogP contribution in [0, 0.1) is 0 Å². The summed E-state index contributed by atoms with van der Waals surface area (Å²) in [5.74, 6) is 1.11. The first-order chi connectivity index (χ1) is 8.83. The predicted octanol–water partition coefficient (Wildman–Crippen LogP) is 3.41. The molecule has 0 saturated heterocycles. The van der Waals surface area contributed by atoms with E-state index in [1.165, 1.54) is 16.7 Å². The molecule has 1 N–H and O–H groups in total. The number of hydrogen-bond donors (Lipinski definition) is 1. The topological polar surface area (TPSA) is 21.3 Å². The van der Waals surface area contributed by atoms with Crippen LogP contribution in [0.15, 0.2) is 24.3 Å². The summed E-state index contributed by atoms with van der Waals surface area (Å²) >= 11 is 0. The Bertz CT molecular complexity index is 423. The van der Waals surface area contributed by atoms with E-state index in [0.29, 0.717) is 0 Å². The third-order valence-corrected chi connectivity index (χ3v) is 3.38. The van der Waals surface area contributed by atoms with Gasteiger partial charge in [-0.2, -0.15) is 0 Å². The minimum absolute atomic E-state index is 0.856. The molecule has 0 atom stereocenters. The zero-order valence-corrected chi connectivity index (χ0v) is 11.5. The largest absolute Gasteiger partial charge is 0.493 e. The van der Waals surface area contributed by atoms with Gasteiger partial charge < -0.3 is 10.1 Å². The van der Waals surface area contributed by atoms with Crippen LogP contribution in [0.1, 0.15) is 37.8 Å². The quantitative estimate of drug-likeness (QED) is 0.803. The smallest absolute Gasteiger partial charge is 0.129 e. The van der Waals surface area contributed by atoms with E-state index in [1.807, 2.05) is 0 Å². The van der Waals surface area contributed by atoms with Crippen molar-refractivity contribution in [3.8, 4) is 5.75 Å². The van der Waals surface area contributed by atoms with Crippen molar-refractivity contribution in [1.82, 2.24) is 5.32 Å². The minimum Gasteiger partial charge on any atom is -0.493 e. The standard InChI is InChI=1S/C16H23NO/c1-3-17-11-5-7-13(2)15-10-4-8-14-9-6-12-18-16(14)15/h4,7-8,10,17H,3,5-6,9,11-12H2,1-2H3/b13-7-. The summed E-state index contributed by atoms with van der Waals surface area (Å²) in [6.07, 6.45) is 5.66. The molecule has 1 aliphatic rings. The molecule has 2 rings (SSSR count). The fourth-order valence-electron chi connectivity index (χ4n) is 2.38. The van der Waals surface area contributed by atoms with Crippen LogP contribution in [0.4, 0.5) is 0 Å². The molecule has 0 bridgehead atoms. The summed E-state index contributed by atoms with van der Waals surface area (Å²) in [6.45, 7) is 7.26. The minimum atomic E-state index is 0.856. The van der Waals surface area contributed by atoms with E-state index < -0.39 is 0 Å². The molecule has 2 heteroatoms. The van der Waals surface area contributed by atoms with Gasteiger partial charge in [0, 0.05) is 5.56 Å². The van der Waals surface area contributed by atoms with Gasteiger partial charge in [0.05, 0.1) is 6.61 Å². The Morgan fingerprint density at radius 2 is 2.33 bits per heavy atom. The van der Waals surface area contributed by atoms with E-state index in [0.717, 1.165) is 44.7 Å². The Balaban J connectivity index is 2.12. The highest BCUT2D eigenvalue weighted by atomic mass is 16.5. The van der Waals surface area contributed by atoms with Crippen molar-refractivity contribution < 1.29 is 4.74 Å². The van der Waals surface area contributed by atoms with Crippen LogP contribution in [0.3, 0.4) is 0 Å². The number of nitrogens with one attached hydrogen (secondary N) is 1. The Labute approximate surface area is 110 Å². The van der Waals surface area contributed by atoms with Gasteiger partial charge >= 0.3 is 0 Å².